The van der Waals surface area contributed by atoms with E-state index in [1.807, 2.05) is 6.92 Å². The van der Waals surface area contributed by atoms with Gasteiger partial charge in [-0.15, -0.1) is 11.8 Å². The topological polar surface area (TPSA) is 25.2 Å². The summed E-state index contributed by atoms with van der Waals surface area (Å²) >= 11 is 0. The van der Waals surface area contributed by atoms with Gasteiger partial charge >= 0.3 is 0 Å². The second-order valence-electron chi connectivity index (χ2n) is 4.00. The lowest BCUT2D eigenvalue weighted by atomic mass is 9.95. The molecule has 0 fully saturated rings. The van der Waals surface area contributed by atoms with E-state index in [9.17, 15) is 5.11 Å². The first-order chi connectivity index (χ1) is 7.33. The number of aromatic nitrogens is 1. The van der Waals surface area contributed by atoms with Gasteiger partial charge in [0.15, 0.2) is 0 Å². The summed E-state index contributed by atoms with van der Waals surface area (Å²) in [5.74, 6) is 5.98. The maximum absolute atomic E-state index is 9.80. The molecule has 15 heavy (non-hydrogen) atoms. The van der Waals surface area contributed by atoms with Crippen molar-refractivity contribution < 1.29 is 5.11 Å². The molecular weight excluding hydrogens is 186 g/mol. The van der Waals surface area contributed by atoms with Crippen molar-refractivity contribution in [2.75, 3.05) is 0 Å². The molecule has 0 amide bonds. The van der Waals surface area contributed by atoms with Gasteiger partial charge in [-0.1, -0.05) is 0 Å². The summed E-state index contributed by atoms with van der Waals surface area (Å²) in [7, 11) is 0. The molecule has 1 unspecified atom stereocenters. The SMILES string of the molecule is CC#CCCn1ccc2c1CCCC2O. The largest absolute Gasteiger partial charge is 0.388 e. The summed E-state index contributed by atoms with van der Waals surface area (Å²) in [6.07, 6.45) is 5.83. The van der Waals surface area contributed by atoms with Crippen LogP contribution in [0.1, 0.15) is 43.5 Å². The summed E-state index contributed by atoms with van der Waals surface area (Å²) in [4.78, 5) is 0. The van der Waals surface area contributed by atoms with E-state index in [2.05, 4.69) is 28.7 Å². The van der Waals surface area contributed by atoms with Crippen LogP contribution in [0.2, 0.25) is 0 Å². The second-order valence-corrected chi connectivity index (χ2v) is 4.00. The van der Waals surface area contributed by atoms with Crippen molar-refractivity contribution >= 4 is 0 Å². The van der Waals surface area contributed by atoms with Gasteiger partial charge in [0.2, 0.25) is 0 Å². The smallest absolute Gasteiger partial charge is 0.0807 e. The van der Waals surface area contributed by atoms with Crippen LogP contribution in [0, 0.1) is 11.8 Å². The lowest BCUT2D eigenvalue weighted by molar-refractivity contribution is 0.155. The Balaban J connectivity index is 2.14. The highest BCUT2D eigenvalue weighted by Gasteiger charge is 2.20. The van der Waals surface area contributed by atoms with Crippen LogP contribution in [0.5, 0.6) is 0 Å². The van der Waals surface area contributed by atoms with Gasteiger partial charge < -0.3 is 9.67 Å². The Bertz CT molecular complexity index is 394. The van der Waals surface area contributed by atoms with Crippen molar-refractivity contribution in [3.8, 4) is 11.8 Å². The third-order valence-corrected chi connectivity index (χ3v) is 3.02. The minimum absolute atomic E-state index is 0.243. The van der Waals surface area contributed by atoms with Crippen molar-refractivity contribution in [1.29, 1.82) is 0 Å². The van der Waals surface area contributed by atoms with Crippen LogP contribution < -0.4 is 0 Å². The molecule has 80 valence electrons. The molecule has 1 heterocycles. The summed E-state index contributed by atoms with van der Waals surface area (Å²) in [5, 5.41) is 9.80. The first-order valence-corrected chi connectivity index (χ1v) is 5.58. The molecule has 2 heteroatoms. The fourth-order valence-electron chi connectivity index (χ4n) is 2.24. The Morgan fingerprint density at radius 1 is 1.60 bits per heavy atom. The predicted molar refractivity (Wildman–Crippen MR) is 60.4 cm³/mol. The molecule has 1 aliphatic carbocycles. The zero-order valence-corrected chi connectivity index (χ0v) is 9.16. The lowest BCUT2D eigenvalue weighted by Crippen LogP contribution is -2.11. The molecule has 0 saturated carbocycles. The first kappa shape index (κ1) is 10.3. The van der Waals surface area contributed by atoms with Crippen LogP contribution in [0.25, 0.3) is 0 Å². The minimum Gasteiger partial charge on any atom is -0.388 e. The van der Waals surface area contributed by atoms with E-state index >= 15 is 0 Å². The fourth-order valence-corrected chi connectivity index (χ4v) is 2.24. The molecule has 1 aromatic rings. The van der Waals surface area contributed by atoms with Gasteiger partial charge in [0, 0.05) is 30.4 Å². The lowest BCUT2D eigenvalue weighted by Gasteiger charge is -2.19. The summed E-state index contributed by atoms with van der Waals surface area (Å²) in [5.41, 5.74) is 2.44. The number of nitrogens with zero attached hydrogens (tertiary/aromatic N) is 1. The van der Waals surface area contributed by atoms with E-state index in [0.717, 1.165) is 37.8 Å². The zero-order chi connectivity index (χ0) is 10.7. The molecule has 0 bridgehead atoms. The molecule has 0 radical (unpaired) electrons. The average Bonchev–Trinajstić information content (AvgIpc) is 2.64. The minimum atomic E-state index is -0.243. The highest BCUT2D eigenvalue weighted by Crippen LogP contribution is 2.30. The van der Waals surface area contributed by atoms with E-state index in [-0.39, 0.29) is 6.10 Å². The number of aliphatic hydroxyl groups excluding tert-OH is 1. The Hall–Kier alpha value is -1.20. The van der Waals surface area contributed by atoms with Crippen molar-refractivity contribution in [1.82, 2.24) is 4.57 Å². The maximum atomic E-state index is 9.80. The Morgan fingerprint density at radius 3 is 3.27 bits per heavy atom. The molecular formula is C13H17NO. The van der Waals surface area contributed by atoms with Gasteiger partial charge in [-0.2, -0.15) is 0 Å². The number of hydrogen-bond donors (Lipinski definition) is 1. The van der Waals surface area contributed by atoms with Crippen molar-refractivity contribution in [2.24, 2.45) is 0 Å². The summed E-state index contributed by atoms with van der Waals surface area (Å²) in [6.45, 7) is 2.82. The van der Waals surface area contributed by atoms with Crippen molar-refractivity contribution in [3.63, 3.8) is 0 Å². The van der Waals surface area contributed by atoms with Crippen LogP contribution in [0.3, 0.4) is 0 Å². The monoisotopic (exact) mass is 203 g/mol. The number of fused-ring (bicyclic) bond motifs is 1. The zero-order valence-electron chi connectivity index (χ0n) is 9.16. The van der Waals surface area contributed by atoms with Crippen LogP contribution >= 0.6 is 0 Å². The first-order valence-electron chi connectivity index (χ1n) is 5.58. The molecule has 0 aromatic carbocycles. The van der Waals surface area contributed by atoms with E-state index in [4.69, 9.17) is 0 Å². The van der Waals surface area contributed by atoms with Crippen LogP contribution in [0.15, 0.2) is 12.3 Å². The molecule has 0 spiro atoms. The maximum Gasteiger partial charge on any atom is 0.0807 e. The van der Waals surface area contributed by atoms with Gasteiger partial charge in [-0.25, -0.2) is 0 Å². The summed E-state index contributed by atoms with van der Waals surface area (Å²) in [6, 6.07) is 2.05. The Labute approximate surface area is 90.9 Å². The Morgan fingerprint density at radius 2 is 2.47 bits per heavy atom. The van der Waals surface area contributed by atoms with Crippen LogP contribution in [0.4, 0.5) is 0 Å². The molecule has 1 atom stereocenters. The molecule has 1 aromatic heterocycles. The van der Waals surface area contributed by atoms with Gasteiger partial charge in [0.05, 0.1) is 6.10 Å². The molecule has 1 aliphatic rings. The van der Waals surface area contributed by atoms with Gasteiger partial charge in [0.1, 0.15) is 0 Å². The highest BCUT2D eigenvalue weighted by atomic mass is 16.3. The molecule has 0 saturated heterocycles. The molecule has 0 aliphatic heterocycles. The molecule has 2 nitrogen and oxygen atoms in total. The molecule has 1 N–H and O–H groups in total. The van der Waals surface area contributed by atoms with E-state index in [1.165, 1.54) is 5.69 Å². The van der Waals surface area contributed by atoms with Gasteiger partial charge in [-0.05, 0) is 32.3 Å². The normalized spacial score (nSPS) is 19.2. The van der Waals surface area contributed by atoms with E-state index < -0.39 is 0 Å². The van der Waals surface area contributed by atoms with E-state index in [0.29, 0.717) is 0 Å². The number of hydrogen-bond acceptors (Lipinski definition) is 1. The van der Waals surface area contributed by atoms with E-state index in [1.54, 1.807) is 0 Å². The highest BCUT2D eigenvalue weighted by molar-refractivity contribution is 5.27. The second kappa shape index (κ2) is 4.55. The van der Waals surface area contributed by atoms with Gasteiger partial charge in [-0.3, -0.25) is 0 Å². The third-order valence-electron chi connectivity index (χ3n) is 3.02. The number of aliphatic hydroxyl groups is 1. The number of rotatable bonds is 2. The van der Waals surface area contributed by atoms with Gasteiger partial charge in [0.25, 0.3) is 0 Å². The van der Waals surface area contributed by atoms with Crippen LogP contribution in [-0.4, -0.2) is 9.67 Å². The van der Waals surface area contributed by atoms with Crippen LogP contribution in [-0.2, 0) is 13.0 Å². The van der Waals surface area contributed by atoms with Crippen molar-refractivity contribution in [3.05, 3.63) is 23.5 Å². The van der Waals surface area contributed by atoms with Crippen molar-refractivity contribution in [2.45, 2.75) is 45.3 Å². The molecule has 2 rings (SSSR count). The summed E-state index contributed by atoms with van der Waals surface area (Å²) < 4.78 is 2.24. The Kier molecular flexibility index (Phi) is 3.13. The number of aryl methyl sites for hydroxylation is 1. The average molecular weight is 203 g/mol. The standard InChI is InChI=1S/C13H17NO/c1-2-3-4-9-14-10-8-11-12(14)6-5-7-13(11)15/h8,10,13,15H,4-7,9H2,1H3. The predicted octanol–water partition coefficient (Wildman–Crippen LogP) is 2.27. The third kappa shape index (κ3) is 2.08. The fraction of sp³-hybridized carbons (Fsp3) is 0.538. The quantitative estimate of drug-likeness (QED) is 0.733.